The Bertz CT molecular complexity index is 667. The minimum Gasteiger partial charge on any atom is -0.485 e. The van der Waals surface area contributed by atoms with Crippen LogP contribution in [0.15, 0.2) is 27.4 Å². The maximum atomic E-state index is 11.7. The highest BCUT2D eigenvalue weighted by Gasteiger charge is 2.32. The first-order chi connectivity index (χ1) is 8.46. The molecule has 0 bridgehead atoms. The van der Waals surface area contributed by atoms with Crippen LogP contribution >= 0.6 is 0 Å². The lowest BCUT2D eigenvalue weighted by molar-refractivity contribution is 0.138. The quantitative estimate of drug-likeness (QED) is 0.770. The highest BCUT2D eigenvalue weighted by atomic mass is 16.5. The number of aromatic nitrogens is 2. The smallest absolute Gasteiger partial charge is 0.442 e. The monoisotopic (exact) mass is 246 g/mol. The number of fused-ring (bicyclic) bond motifs is 1. The van der Waals surface area contributed by atoms with Crippen molar-refractivity contribution in [1.82, 2.24) is 9.78 Å². The van der Waals surface area contributed by atoms with Gasteiger partial charge in [0, 0.05) is 18.9 Å². The van der Waals surface area contributed by atoms with Gasteiger partial charge in [-0.1, -0.05) is 12.1 Å². The third-order valence-corrected chi connectivity index (χ3v) is 2.95. The third-order valence-electron chi connectivity index (χ3n) is 2.95. The number of aryl methyl sites for hydroxylation is 1. The molecule has 18 heavy (non-hydrogen) atoms. The standard InChI is InChI=1S/C13H14N2O3/c1-8-14-15(12(16)17-8)10-6-4-5-9-7-13(2,3)18-11(9)10/h4-6H,7H2,1-3H3. The van der Waals surface area contributed by atoms with E-state index in [9.17, 15) is 4.79 Å². The molecule has 0 atom stereocenters. The maximum Gasteiger partial charge on any atom is 0.442 e. The van der Waals surface area contributed by atoms with Gasteiger partial charge in [0.25, 0.3) is 0 Å². The van der Waals surface area contributed by atoms with Gasteiger partial charge in [0.2, 0.25) is 5.89 Å². The lowest BCUT2D eigenvalue weighted by Crippen LogP contribution is -2.25. The molecule has 2 aromatic rings. The molecule has 0 radical (unpaired) electrons. The van der Waals surface area contributed by atoms with Crippen molar-refractivity contribution in [3.8, 4) is 11.4 Å². The van der Waals surface area contributed by atoms with Crippen molar-refractivity contribution >= 4 is 0 Å². The van der Waals surface area contributed by atoms with Crippen molar-refractivity contribution in [2.45, 2.75) is 32.8 Å². The second kappa shape index (κ2) is 3.48. The van der Waals surface area contributed by atoms with E-state index in [1.165, 1.54) is 4.68 Å². The molecule has 3 rings (SSSR count). The Balaban J connectivity index is 2.19. The summed E-state index contributed by atoms with van der Waals surface area (Å²) in [6.07, 6.45) is 0.821. The van der Waals surface area contributed by atoms with E-state index < -0.39 is 5.76 Å². The Morgan fingerprint density at radius 1 is 1.39 bits per heavy atom. The van der Waals surface area contributed by atoms with E-state index in [4.69, 9.17) is 9.15 Å². The Kier molecular flexibility index (Phi) is 2.14. The summed E-state index contributed by atoms with van der Waals surface area (Å²) in [7, 11) is 0. The first-order valence-corrected chi connectivity index (χ1v) is 5.84. The number of hydrogen-bond acceptors (Lipinski definition) is 4. The Labute approximate surface area is 104 Å². The van der Waals surface area contributed by atoms with Gasteiger partial charge in [-0.3, -0.25) is 0 Å². The molecule has 1 aliphatic rings. The number of benzene rings is 1. The van der Waals surface area contributed by atoms with Gasteiger partial charge < -0.3 is 9.15 Å². The van der Waals surface area contributed by atoms with E-state index in [0.29, 0.717) is 11.6 Å². The molecule has 1 aromatic carbocycles. The molecule has 5 heteroatoms. The van der Waals surface area contributed by atoms with Gasteiger partial charge in [0.05, 0.1) is 0 Å². The predicted molar refractivity (Wildman–Crippen MR) is 65.2 cm³/mol. The highest BCUT2D eigenvalue weighted by molar-refractivity contribution is 5.54. The second-order valence-electron chi connectivity index (χ2n) is 5.10. The molecule has 0 spiro atoms. The van der Waals surface area contributed by atoms with E-state index in [2.05, 4.69) is 5.10 Å². The number of ether oxygens (including phenoxy) is 1. The zero-order valence-electron chi connectivity index (χ0n) is 10.6. The fourth-order valence-electron chi connectivity index (χ4n) is 2.29. The summed E-state index contributed by atoms with van der Waals surface area (Å²) >= 11 is 0. The number of para-hydroxylation sites is 1. The molecular weight excluding hydrogens is 232 g/mol. The Morgan fingerprint density at radius 3 is 2.83 bits per heavy atom. The van der Waals surface area contributed by atoms with Gasteiger partial charge in [-0.25, -0.2) is 4.79 Å². The third kappa shape index (κ3) is 1.63. The van der Waals surface area contributed by atoms with Crippen molar-refractivity contribution in [1.29, 1.82) is 0 Å². The summed E-state index contributed by atoms with van der Waals surface area (Å²) in [5.41, 5.74) is 1.48. The molecule has 0 N–H and O–H groups in total. The van der Waals surface area contributed by atoms with Crippen molar-refractivity contribution in [2.24, 2.45) is 0 Å². The van der Waals surface area contributed by atoms with Gasteiger partial charge >= 0.3 is 5.76 Å². The van der Waals surface area contributed by atoms with Crippen LogP contribution in [0.3, 0.4) is 0 Å². The van der Waals surface area contributed by atoms with E-state index in [0.717, 1.165) is 17.7 Å². The van der Waals surface area contributed by atoms with Gasteiger partial charge in [0.15, 0.2) is 0 Å². The zero-order chi connectivity index (χ0) is 12.9. The van der Waals surface area contributed by atoms with Crippen molar-refractivity contribution < 1.29 is 9.15 Å². The summed E-state index contributed by atoms with van der Waals surface area (Å²) in [5.74, 6) is 0.571. The lowest BCUT2D eigenvalue weighted by Gasteiger charge is -2.17. The van der Waals surface area contributed by atoms with Gasteiger partial charge in [-0.2, -0.15) is 4.68 Å². The van der Waals surface area contributed by atoms with Gasteiger partial charge in [0.1, 0.15) is 17.0 Å². The second-order valence-corrected chi connectivity index (χ2v) is 5.10. The molecule has 0 unspecified atom stereocenters. The van der Waals surface area contributed by atoms with Gasteiger partial charge in [-0.15, -0.1) is 5.10 Å². The predicted octanol–water partition coefficient (Wildman–Crippen LogP) is 1.85. The Morgan fingerprint density at radius 2 is 2.17 bits per heavy atom. The van der Waals surface area contributed by atoms with Crippen LogP contribution in [0, 0.1) is 6.92 Å². The molecule has 1 aliphatic heterocycles. The molecule has 1 aromatic heterocycles. The molecule has 0 amide bonds. The summed E-state index contributed by atoms with van der Waals surface area (Å²) in [4.78, 5) is 11.7. The van der Waals surface area contributed by atoms with E-state index >= 15 is 0 Å². The summed E-state index contributed by atoms with van der Waals surface area (Å²) in [6, 6.07) is 5.71. The summed E-state index contributed by atoms with van der Waals surface area (Å²) in [5, 5.41) is 4.06. The fourth-order valence-corrected chi connectivity index (χ4v) is 2.29. The van der Waals surface area contributed by atoms with Crippen molar-refractivity contribution in [2.75, 3.05) is 0 Å². The number of nitrogens with zero attached hydrogens (tertiary/aromatic N) is 2. The van der Waals surface area contributed by atoms with Crippen LogP contribution in [-0.4, -0.2) is 15.4 Å². The van der Waals surface area contributed by atoms with Crippen LogP contribution in [0.4, 0.5) is 0 Å². The summed E-state index contributed by atoms with van der Waals surface area (Å²) < 4.78 is 12.1. The summed E-state index contributed by atoms with van der Waals surface area (Å²) in [6.45, 7) is 5.69. The average molecular weight is 246 g/mol. The van der Waals surface area contributed by atoms with Gasteiger partial charge in [-0.05, 0) is 19.9 Å². The topological polar surface area (TPSA) is 57.3 Å². The van der Waals surface area contributed by atoms with Crippen LogP contribution in [-0.2, 0) is 6.42 Å². The Hall–Kier alpha value is -2.04. The molecular formula is C13H14N2O3. The van der Waals surface area contributed by atoms with Crippen molar-refractivity contribution in [3.05, 3.63) is 40.2 Å². The first kappa shape index (κ1) is 11.1. The zero-order valence-corrected chi connectivity index (χ0v) is 10.6. The minimum absolute atomic E-state index is 0.249. The maximum absolute atomic E-state index is 11.7. The molecule has 2 heterocycles. The highest BCUT2D eigenvalue weighted by Crippen LogP contribution is 2.38. The SMILES string of the molecule is Cc1nn(-c2cccc3c2OC(C)(C)C3)c(=O)o1. The molecule has 94 valence electrons. The molecule has 0 saturated heterocycles. The van der Waals surface area contributed by atoms with Crippen LogP contribution in [0.2, 0.25) is 0 Å². The molecule has 0 fully saturated rings. The fraction of sp³-hybridized carbons (Fsp3) is 0.385. The van der Waals surface area contributed by atoms with Crippen LogP contribution in [0.1, 0.15) is 25.3 Å². The molecule has 5 nitrogen and oxygen atoms in total. The van der Waals surface area contributed by atoms with E-state index in [1.807, 2.05) is 32.0 Å². The van der Waals surface area contributed by atoms with E-state index in [-0.39, 0.29) is 5.60 Å². The van der Waals surface area contributed by atoms with Crippen LogP contribution in [0.25, 0.3) is 5.69 Å². The number of hydrogen-bond donors (Lipinski definition) is 0. The largest absolute Gasteiger partial charge is 0.485 e. The lowest BCUT2D eigenvalue weighted by atomic mass is 10.0. The van der Waals surface area contributed by atoms with Crippen molar-refractivity contribution in [3.63, 3.8) is 0 Å². The molecule has 0 aliphatic carbocycles. The normalized spacial score (nSPS) is 16.4. The minimum atomic E-state index is -0.491. The van der Waals surface area contributed by atoms with E-state index in [1.54, 1.807) is 6.92 Å². The van der Waals surface area contributed by atoms with Crippen LogP contribution < -0.4 is 10.5 Å². The first-order valence-electron chi connectivity index (χ1n) is 5.84. The molecule has 0 saturated carbocycles. The number of rotatable bonds is 1. The van der Waals surface area contributed by atoms with Crippen LogP contribution in [0.5, 0.6) is 5.75 Å². The average Bonchev–Trinajstić information content (AvgIpc) is 2.75.